The average molecular weight is 118 g/mol. The molecule has 3 nitrogen and oxygen atoms in total. The second-order valence-electron chi connectivity index (χ2n) is 2.10. The van der Waals surface area contributed by atoms with Crippen LogP contribution in [0.2, 0.25) is 0 Å². The van der Waals surface area contributed by atoms with E-state index < -0.39 is 0 Å². The molecule has 8 heavy (non-hydrogen) atoms. The summed E-state index contributed by atoms with van der Waals surface area (Å²) >= 11 is 0. The molecule has 0 atom stereocenters. The zero-order chi connectivity index (χ0) is 5.11. The van der Waals surface area contributed by atoms with Crippen molar-refractivity contribution in [2.24, 2.45) is 11.8 Å². The summed E-state index contributed by atoms with van der Waals surface area (Å²) in [7, 11) is 0. The summed E-state index contributed by atoms with van der Waals surface area (Å²) in [5.41, 5.74) is 0. The van der Waals surface area contributed by atoms with Gasteiger partial charge in [-0.15, -0.1) is 0 Å². The van der Waals surface area contributed by atoms with Crippen LogP contribution in [0.25, 0.3) is 0 Å². The molecule has 0 radical (unpaired) electrons. The maximum absolute atomic E-state index is 4.80. The van der Waals surface area contributed by atoms with Crippen molar-refractivity contribution in [2.45, 2.75) is 19.3 Å². The molecule has 1 rings (SSSR count). The summed E-state index contributed by atoms with van der Waals surface area (Å²) in [6.07, 6.45) is 3.95. The van der Waals surface area contributed by atoms with E-state index in [4.69, 9.17) is 5.90 Å². The number of hydrogen-bond donors (Lipinski definition) is 2. The Morgan fingerprint density at radius 3 is 2.50 bits per heavy atom. The van der Waals surface area contributed by atoms with E-state index in [1.165, 1.54) is 12.8 Å². The van der Waals surface area contributed by atoms with Crippen LogP contribution in [0.4, 0.5) is 0 Å². The molecule has 0 aliphatic heterocycles. The fourth-order valence-corrected chi connectivity index (χ4v) is 0.641. The van der Waals surface area contributed by atoms with Gasteiger partial charge in [-0.3, -0.25) is 0 Å². The summed E-state index contributed by atoms with van der Waals surface area (Å²) in [5.74, 6) is 5.75. The van der Waals surface area contributed by atoms with Crippen LogP contribution in [0.5, 0.6) is 0 Å². The first kappa shape index (κ1) is 7.88. The van der Waals surface area contributed by atoms with Crippen LogP contribution < -0.4 is 12.0 Å². The first-order valence-corrected chi connectivity index (χ1v) is 2.75. The Balaban J connectivity index is 0.000000490. The molecule has 0 spiro atoms. The second-order valence-corrected chi connectivity index (χ2v) is 2.10. The average Bonchev–Trinajstić information content (AvgIpc) is 2.42. The second kappa shape index (κ2) is 3.83. The molecule has 0 saturated heterocycles. The zero-order valence-corrected chi connectivity index (χ0v) is 5.10. The molecule has 50 valence electrons. The minimum absolute atomic E-state index is 0. The van der Waals surface area contributed by atoms with E-state index in [1.807, 2.05) is 0 Å². The highest BCUT2D eigenvalue weighted by Crippen LogP contribution is 2.31. The van der Waals surface area contributed by atoms with Crippen molar-refractivity contribution in [1.29, 1.82) is 0 Å². The Kier molecular flexibility index (Phi) is 3.77. The molecule has 1 aliphatic carbocycles. The topological polar surface area (TPSA) is 70.2 Å². The predicted molar refractivity (Wildman–Crippen MR) is 32.5 cm³/mol. The van der Waals surface area contributed by atoms with Crippen molar-refractivity contribution < 1.29 is 4.84 Å². The third-order valence-corrected chi connectivity index (χ3v) is 1.34. The summed E-state index contributed by atoms with van der Waals surface area (Å²) in [4.78, 5) is 4.39. The standard InChI is InChI=1S/C5H11NO.H3N/c6-7-4-3-5-1-2-5;/h5H,1-4,6H2;1H3. The molecular weight excluding hydrogens is 104 g/mol. The molecular formula is C5H14N2O. The first-order chi connectivity index (χ1) is 3.43. The molecule has 0 aromatic heterocycles. The van der Waals surface area contributed by atoms with Gasteiger partial charge in [0.05, 0.1) is 6.61 Å². The van der Waals surface area contributed by atoms with E-state index in [0.717, 1.165) is 18.9 Å². The van der Waals surface area contributed by atoms with Crippen LogP contribution in [0.1, 0.15) is 19.3 Å². The summed E-state index contributed by atoms with van der Waals surface area (Å²) in [5, 5.41) is 0. The molecule has 0 bridgehead atoms. The van der Waals surface area contributed by atoms with Gasteiger partial charge in [0.2, 0.25) is 0 Å². The molecule has 0 aromatic rings. The number of hydrogen-bond acceptors (Lipinski definition) is 3. The monoisotopic (exact) mass is 118 g/mol. The molecule has 0 heterocycles. The maximum atomic E-state index is 4.80. The highest BCUT2D eigenvalue weighted by molar-refractivity contribution is 4.71. The van der Waals surface area contributed by atoms with Crippen LogP contribution in [-0.2, 0) is 4.84 Å². The van der Waals surface area contributed by atoms with Crippen molar-refractivity contribution in [2.75, 3.05) is 6.61 Å². The Hall–Kier alpha value is -0.120. The van der Waals surface area contributed by atoms with Gasteiger partial charge in [0, 0.05) is 0 Å². The van der Waals surface area contributed by atoms with Crippen molar-refractivity contribution >= 4 is 0 Å². The Morgan fingerprint density at radius 2 is 2.12 bits per heavy atom. The summed E-state index contributed by atoms with van der Waals surface area (Å²) in [6.45, 7) is 0.741. The van der Waals surface area contributed by atoms with Gasteiger partial charge >= 0.3 is 0 Å². The van der Waals surface area contributed by atoms with Gasteiger partial charge in [0.1, 0.15) is 0 Å². The van der Waals surface area contributed by atoms with Crippen molar-refractivity contribution in [3.63, 3.8) is 0 Å². The minimum atomic E-state index is 0. The molecule has 5 N–H and O–H groups in total. The van der Waals surface area contributed by atoms with Crippen LogP contribution in [0.15, 0.2) is 0 Å². The largest absolute Gasteiger partial charge is 0.344 e. The SMILES string of the molecule is N.NOCCC1CC1. The normalized spacial score (nSPS) is 17.6. The van der Waals surface area contributed by atoms with E-state index >= 15 is 0 Å². The predicted octanol–water partition coefficient (Wildman–Crippen LogP) is 0.839. The van der Waals surface area contributed by atoms with E-state index in [1.54, 1.807) is 0 Å². The number of rotatable bonds is 3. The molecule has 1 saturated carbocycles. The van der Waals surface area contributed by atoms with Crippen LogP contribution in [0.3, 0.4) is 0 Å². The van der Waals surface area contributed by atoms with Gasteiger partial charge in [0.15, 0.2) is 0 Å². The van der Waals surface area contributed by atoms with Crippen molar-refractivity contribution in [3.8, 4) is 0 Å². The van der Waals surface area contributed by atoms with Gasteiger partial charge < -0.3 is 11.0 Å². The van der Waals surface area contributed by atoms with E-state index in [-0.39, 0.29) is 6.15 Å². The molecule has 0 amide bonds. The Labute approximate surface area is 49.7 Å². The van der Waals surface area contributed by atoms with Gasteiger partial charge in [-0.1, -0.05) is 12.8 Å². The molecule has 0 aromatic carbocycles. The highest BCUT2D eigenvalue weighted by atomic mass is 16.6. The Morgan fingerprint density at radius 1 is 1.50 bits per heavy atom. The van der Waals surface area contributed by atoms with Gasteiger partial charge in [-0.25, -0.2) is 5.90 Å². The number of nitrogens with two attached hydrogens (primary N) is 1. The minimum Gasteiger partial charge on any atom is -0.344 e. The third kappa shape index (κ3) is 2.96. The Bertz CT molecular complexity index is 54.4. The van der Waals surface area contributed by atoms with E-state index in [9.17, 15) is 0 Å². The maximum Gasteiger partial charge on any atom is 0.0681 e. The summed E-state index contributed by atoms with van der Waals surface area (Å²) < 4.78 is 0. The van der Waals surface area contributed by atoms with Crippen LogP contribution >= 0.6 is 0 Å². The smallest absolute Gasteiger partial charge is 0.0681 e. The molecule has 3 heteroatoms. The first-order valence-electron chi connectivity index (χ1n) is 2.75. The van der Waals surface area contributed by atoms with Crippen LogP contribution in [-0.4, -0.2) is 6.61 Å². The fraction of sp³-hybridized carbons (Fsp3) is 1.00. The lowest BCUT2D eigenvalue weighted by Crippen LogP contribution is -2.00. The van der Waals surface area contributed by atoms with Crippen LogP contribution in [0, 0.1) is 5.92 Å². The fourth-order valence-electron chi connectivity index (χ4n) is 0.641. The molecule has 1 aliphatic rings. The zero-order valence-electron chi connectivity index (χ0n) is 5.10. The lowest BCUT2D eigenvalue weighted by molar-refractivity contribution is 0.131. The van der Waals surface area contributed by atoms with E-state index in [2.05, 4.69) is 4.84 Å². The highest BCUT2D eigenvalue weighted by Gasteiger charge is 2.19. The lowest BCUT2D eigenvalue weighted by Gasteiger charge is -1.90. The van der Waals surface area contributed by atoms with Gasteiger partial charge in [-0.05, 0) is 12.3 Å². The molecule has 0 unspecified atom stereocenters. The summed E-state index contributed by atoms with van der Waals surface area (Å²) in [6, 6.07) is 0. The van der Waals surface area contributed by atoms with Gasteiger partial charge in [-0.2, -0.15) is 0 Å². The molecule has 1 fully saturated rings. The van der Waals surface area contributed by atoms with Crippen molar-refractivity contribution in [3.05, 3.63) is 0 Å². The van der Waals surface area contributed by atoms with Gasteiger partial charge in [0.25, 0.3) is 0 Å². The third-order valence-electron chi connectivity index (χ3n) is 1.34. The lowest BCUT2D eigenvalue weighted by atomic mass is 10.3. The van der Waals surface area contributed by atoms with E-state index in [0.29, 0.717) is 0 Å². The van der Waals surface area contributed by atoms with Crippen molar-refractivity contribution in [1.82, 2.24) is 6.15 Å². The quantitative estimate of drug-likeness (QED) is 0.539.